The number of nitrogens with zero attached hydrogens (tertiary/aromatic N) is 4. The molecule has 0 spiro atoms. The monoisotopic (exact) mass is 612 g/mol. The number of ether oxygens (including phenoxy) is 2. The van der Waals surface area contributed by atoms with E-state index in [0.29, 0.717) is 24.5 Å². The Kier molecular flexibility index (Phi) is 8.17. The predicted molar refractivity (Wildman–Crippen MR) is 169 cm³/mol. The maximum Gasteiger partial charge on any atom is 0.269 e. The minimum Gasteiger partial charge on any atom is -0.493 e. The van der Waals surface area contributed by atoms with Gasteiger partial charge in [-0.1, -0.05) is 48.5 Å². The van der Waals surface area contributed by atoms with E-state index in [1.54, 1.807) is 42.7 Å². The second kappa shape index (κ2) is 12.3. The van der Waals surface area contributed by atoms with Crippen molar-refractivity contribution in [2.75, 3.05) is 20.0 Å². The number of carbonyl (C=O) groups is 1. The lowest BCUT2D eigenvalue weighted by atomic mass is 9.99. The zero-order valence-electron chi connectivity index (χ0n) is 23.5. The standard InChI is InChI=1S/C32H28N4O5S2/c1-40-28-10-5-8-24(32(28)41-2)27-17-25(29-11-6-16-42-29)33-35(27)31(37)20-43-30-19-34(26-9-4-3-7-23(26)30)18-21-12-14-22(15-13-21)36(38)39/h3-16,19,27H,17-18,20H2,1-2H3. The number of hydrogen-bond acceptors (Lipinski definition) is 8. The molecule has 0 bridgehead atoms. The van der Waals surface area contributed by atoms with Crippen molar-refractivity contribution in [3.05, 3.63) is 117 Å². The van der Waals surface area contributed by atoms with Crippen molar-refractivity contribution in [2.24, 2.45) is 5.10 Å². The fourth-order valence-corrected chi connectivity index (χ4v) is 7.00. The number of rotatable bonds is 10. The van der Waals surface area contributed by atoms with Crippen LogP contribution in [-0.2, 0) is 11.3 Å². The van der Waals surface area contributed by atoms with E-state index in [9.17, 15) is 14.9 Å². The minimum absolute atomic E-state index is 0.0625. The quantitative estimate of drug-likeness (QED) is 0.0944. The molecule has 5 aromatic rings. The molecule has 2 aromatic heterocycles. The smallest absolute Gasteiger partial charge is 0.269 e. The van der Waals surface area contributed by atoms with E-state index in [1.807, 2.05) is 66.2 Å². The number of non-ortho nitro benzene ring substituents is 1. The minimum atomic E-state index is -0.399. The summed E-state index contributed by atoms with van der Waals surface area (Å²) in [5, 5.41) is 20.5. The van der Waals surface area contributed by atoms with Crippen LogP contribution in [0.4, 0.5) is 5.69 Å². The second-order valence-corrected chi connectivity index (χ2v) is 11.9. The molecule has 0 fully saturated rings. The van der Waals surface area contributed by atoms with E-state index in [-0.39, 0.29) is 23.4 Å². The zero-order valence-corrected chi connectivity index (χ0v) is 25.1. The Morgan fingerprint density at radius 3 is 2.58 bits per heavy atom. The highest BCUT2D eigenvalue weighted by molar-refractivity contribution is 8.00. The summed E-state index contributed by atoms with van der Waals surface area (Å²) >= 11 is 3.07. The van der Waals surface area contributed by atoms with Crippen LogP contribution in [0.1, 0.15) is 28.5 Å². The molecule has 43 heavy (non-hydrogen) atoms. The van der Waals surface area contributed by atoms with Crippen molar-refractivity contribution in [3.63, 3.8) is 0 Å². The molecule has 1 unspecified atom stereocenters. The number of hydrazone groups is 1. The summed E-state index contributed by atoms with van der Waals surface area (Å²) in [6, 6.07) is 24.0. The van der Waals surface area contributed by atoms with Gasteiger partial charge in [-0.05, 0) is 29.1 Å². The number of methoxy groups -OCH3 is 2. The molecule has 0 N–H and O–H groups in total. The van der Waals surface area contributed by atoms with Crippen LogP contribution < -0.4 is 9.47 Å². The predicted octanol–water partition coefficient (Wildman–Crippen LogP) is 7.15. The zero-order chi connectivity index (χ0) is 29.9. The fraction of sp³-hybridized carbons (Fsp3) is 0.188. The number of aromatic nitrogens is 1. The van der Waals surface area contributed by atoms with Gasteiger partial charge in [0.25, 0.3) is 11.6 Å². The Morgan fingerprint density at radius 2 is 1.86 bits per heavy atom. The van der Waals surface area contributed by atoms with Gasteiger partial charge < -0.3 is 14.0 Å². The van der Waals surface area contributed by atoms with Gasteiger partial charge in [-0.3, -0.25) is 14.9 Å². The number of nitro groups is 1. The lowest BCUT2D eigenvalue weighted by Gasteiger charge is -2.24. The highest BCUT2D eigenvalue weighted by Crippen LogP contribution is 2.42. The van der Waals surface area contributed by atoms with E-state index < -0.39 is 4.92 Å². The summed E-state index contributed by atoms with van der Waals surface area (Å²) in [7, 11) is 3.20. The van der Waals surface area contributed by atoms with Crippen LogP contribution in [-0.4, -0.2) is 46.1 Å². The van der Waals surface area contributed by atoms with E-state index in [4.69, 9.17) is 14.6 Å². The van der Waals surface area contributed by atoms with Crippen molar-refractivity contribution >= 4 is 51.3 Å². The van der Waals surface area contributed by atoms with Crippen LogP contribution in [0.2, 0.25) is 0 Å². The molecule has 6 rings (SSSR count). The molecule has 218 valence electrons. The van der Waals surface area contributed by atoms with Crippen LogP contribution in [0.25, 0.3) is 10.9 Å². The molecule has 1 aliphatic rings. The number of thioether (sulfide) groups is 1. The van der Waals surface area contributed by atoms with E-state index in [0.717, 1.165) is 37.5 Å². The molecule has 9 nitrogen and oxygen atoms in total. The first-order valence-corrected chi connectivity index (χ1v) is 15.4. The summed E-state index contributed by atoms with van der Waals surface area (Å²) in [5.74, 6) is 1.28. The van der Waals surface area contributed by atoms with Crippen molar-refractivity contribution in [2.45, 2.75) is 23.9 Å². The Labute approximate surface area is 256 Å². The number of carbonyl (C=O) groups excluding carboxylic acids is 1. The van der Waals surface area contributed by atoms with Gasteiger partial charge >= 0.3 is 0 Å². The first kappa shape index (κ1) is 28.5. The Hall–Kier alpha value is -4.61. The third-order valence-electron chi connectivity index (χ3n) is 7.37. The molecule has 3 aromatic carbocycles. The lowest BCUT2D eigenvalue weighted by molar-refractivity contribution is -0.384. The maximum absolute atomic E-state index is 13.9. The first-order chi connectivity index (χ1) is 21.0. The van der Waals surface area contributed by atoms with E-state index in [1.165, 1.54) is 23.9 Å². The fourth-order valence-electron chi connectivity index (χ4n) is 5.33. The summed E-state index contributed by atoms with van der Waals surface area (Å²) in [4.78, 5) is 26.5. The molecule has 1 atom stereocenters. The number of thiophene rings is 1. The van der Waals surface area contributed by atoms with Crippen molar-refractivity contribution in [3.8, 4) is 11.5 Å². The molecule has 1 aliphatic heterocycles. The highest BCUT2D eigenvalue weighted by Gasteiger charge is 2.36. The number of para-hydroxylation sites is 2. The van der Waals surface area contributed by atoms with Gasteiger partial charge in [-0.15, -0.1) is 23.1 Å². The van der Waals surface area contributed by atoms with Crippen molar-refractivity contribution in [1.82, 2.24) is 9.58 Å². The molecule has 0 saturated carbocycles. The number of amides is 1. The summed E-state index contributed by atoms with van der Waals surface area (Å²) in [6.07, 6.45) is 2.60. The summed E-state index contributed by atoms with van der Waals surface area (Å²) < 4.78 is 13.4. The normalized spacial score (nSPS) is 14.6. The third kappa shape index (κ3) is 5.73. The average Bonchev–Trinajstić information content (AvgIpc) is 3.79. The maximum atomic E-state index is 13.9. The molecule has 11 heteroatoms. The first-order valence-electron chi connectivity index (χ1n) is 13.5. The van der Waals surface area contributed by atoms with Crippen molar-refractivity contribution in [1.29, 1.82) is 0 Å². The molecule has 0 aliphatic carbocycles. The SMILES string of the molecule is COc1cccc(C2CC(c3cccs3)=NN2C(=O)CSc2cn(Cc3ccc([N+](=O)[O-])cc3)c3ccccc23)c1OC. The van der Waals surface area contributed by atoms with Gasteiger partial charge in [0.2, 0.25) is 0 Å². The molecule has 3 heterocycles. The van der Waals surface area contributed by atoms with Crippen LogP contribution in [0.15, 0.2) is 100 Å². The summed E-state index contributed by atoms with van der Waals surface area (Å²) in [5.41, 5.74) is 3.74. The van der Waals surface area contributed by atoms with Crippen LogP contribution in [0, 0.1) is 10.1 Å². The number of hydrogen-bond donors (Lipinski definition) is 0. The Morgan fingerprint density at radius 1 is 1.05 bits per heavy atom. The van der Waals surface area contributed by atoms with Gasteiger partial charge in [-0.25, -0.2) is 5.01 Å². The van der Waals surface area contributed by atoms with Crippen LogP contribution >= 0.6 is 23.1 Å². The number of nitro benzene ring substituents is 1. The molecule has 0 saturated heterocycles. The van der Waals surface area contributed by atoms with E-state index >= 15 is 0 Å². The Bertz CT molecular complexity index is 1820. The van der Waals surface area contributed by atoms with Crippen LogP contribution in [0.3, 0.4) is 0 Å². The Balaban J connectivity index is 1.26. The van der Waals surface area contributed by atoms with E-state index in [2.05, 4.69) is 4.57 Å². The van der Waals surface area contributed by atoms with Gasteiger partial charge in [0.15, 0.2) is 11.5 Å². The molecular formula is C32H28N4O5S2. The average molecular weight is 613 g/mol. The second-order valence-electron chi connectivity index (χ2n) is 9.92. The molecule has 0 radical (unpaired) electrons. The number of benzene rings is 3. The summed E-state index contributed by atoms with van der Waals surface area (Å²) in [6.45, 7) is 0.547. The largest absolute Gasteiger partial charge is 0.493 e. The van der Waals surface area contributed by atoms with Gasteiger partial charge in [0, 0.05) is 52.7 Å². The number of fused-ring (bicyclic) bond motifs is 1. The molecule has 1 amide bonds. The van der Waals surface area contributed by atoms with Gasteiger partial charge in [-0.2, -0.15) is 5.10 Å². The lowest BCUT2D eigenvalue weighted by Crippen LogP contribution is -2.28. The molecular weight excluding hydrogens is 585 g/mol. The topological polar surface area (TPSA) is 99.2 Å². The van der Waals surface area contributed by atoms with Gasteiger partial charge in [0.1, 0.15) is 0 Å². The van der Waals surface area contributed by atoms with Gasteiger partial charge in [0.05, 0.1) is 41.5 Å². The highest BCUT2D eigenvalue weighted by atomic mass is 32.2. The third-order valence-corrected chi connectivity index (χ3v) is 9.31. The van der Waals surface area contributed by atoms with Crippen molar-refractivity contribution < 1.29 is 19.2 Å². The van der Waals surface area contributed by atoms with Crippen LogP contribution in [0.5, 0.6) is 11.5 Å².